The number of hydrogen-bond acceptors (Lipinski definition) is 2. The number of rotatable bonds is 6. The highest BCUT2D eigenvalue weighted by atomic mass is 16.5. The lowest BCUT2D eigenvalue weighted by molar-refractivity contribution is -0.131. The van der Waals surface area contributed by atoms with Gasteiger partial charge in [-0.25, -0.2) is 0 Å². The maximum Gasteiger partial charge on any atom is 0.222 e. The van der Waals surface area contributed by atoms with Crippen LogP contribution in [0, 0.1) is 0 Å². The molecule has 1 atom stereocenters. The van der Waals surface area contributed by atoms with Gasteiger partial charge in [-0.05, 0) is 31.0 Å². The first-order valence-electron chi connectivity index (χ1n) is 6.49. The standard InChI is InChI=1S/C15H23NO2/c1-5-6-7-15(17)16(3)12(2)13-8-10-14(18-4)11-9-13/h8-12H,5-7H2,1-4H3. The van der Waals surface area contributed by atoms with Crippen molar-refractivity contribution in [2.24, 2.45) is 0 Å². The predicted octanol–water partition coefficient (Wildman–Crippen LogP) is 3.40. The number of carbonyl (C=O) groups is 1. The summed E-state index contributed by atoms with van der Waals surface area (Å²) in [6.45, 7) is 4.14. The summed E-state index contributed by atoms with van der Waals surface area (Å²) in [4.78, 5) is 13.8. The topological polar surface area (TPSA) is 29.5 Å². The SMILES string of the molecule is CCCCC(=O)N(C)C(C)c1ccc(OC)cc1. The fourth-order valence-corrected chi connectivity index (χ4v) is 1.83. The Hall–Kier alpha value is -1.51. The minimum absolute atomic E-state index is 0.0975. The minimum atomic E-state index is 0.0975. The molecule has 0 aliphatic rings. The van der Waals surface area contributed by atoms with Gasteiger partial charge in [0.25, 0.3) is 0 Å². The monoisotopic (exact) mass is 249 g/mol. The molecule has 0 aliphatic carbocycles. The van der Waals surface area contributed by atoms with Crippen molar-refractivity contribution in [2.75, 3.05) is 14.2 Å². The van der Waals surface area contributed by atoms with Crippen molar-refractivity contribution in [3.63, 3.8) is 0 Å². The summed E-state index contributed by atoms with van der Waals surface area (Å²) in [5, 5.41) is 0. The molecule has 0 radical (unpaired) electrons. The van der Waals surface area contributed by atoms with E-state index in [1.807, 2.05) is 43.1 Å². The van der Waals surface area contributed by atoms with Gasteiger partial charge in [0.05, 0.1) is 13.2 Å². The largest absolute Gasteiger partial charge is 0.497 e. The van der Waals surface area contributed by atoms with Crippen molar-refractivity contribution >= 4 is 5.91 Å². The van der Waals surface area contributed by atoms with Gasteiger partial charge in [-0.2, -0.15) is 0 Å². The van der Waals surface area contributed by atoms with E-state index in [1.54, 1.807) is 7.11 Å². The maximum atomic E-state index is 11.9. The molecule has 18 heavy (non-hydrogen) atoms. The zero-order valence-corrected chi connectivity index (χ0v) is 11.8. The Kier molecular flexibility index (Phi) is 5.69. The summed E-state index contributed by atoms with van der Waals surface area (Å²) in [5.41, 5.74) is 1.13. The molecular formula is C15H23NO2. The highest BCUT2D eigenvalue weighted by molar-refractivity contribution is 5.76. The predicted molar refractivity (Wildman–Crippen MR) is 73.7 cm³/mol. The van der Waals surface area contributed by atoms with Gasteiger partial charge in [0.15, 0.2) is 0 Å². The molecule has 1 aromatic rings. The van der Waals surface area contributed by atoms with Gasteiger partial charge in [-0.1, -0.05) is 25.5 Å². The Balaban J connectivity index is 2.66. The van der Waals surface area contributed by atoms with Crippen molar-refractivity contribution in [3.05, 3.63) is 29.8 Å². The van der Waals surface area contributed by atoms with Crippen LogP contribution in [-0.4, -0.2) is 25.0 Å². The van der Waals surface area contributed by atoms with Crippen molar-refractivity contribution in [2.45, 2.75) is 39.2 Å². The normalized spacial score (nSPS) is 12.0. The average molecular weight is 249 g/mol. The van der Waals surface area contributed by atoms with E-state index in [0.717, 1.165) is 24.2 Å². The molecule has 1 rings (SSSR count). The van der Waals surface area contributed by atoms with E-state index in [0.29, 0.717) is 6.42 Å². The number of hydrogen-bond donors (Lipinski definition) is 0. The zero-order valence-electron chi connectivity index (χ0n) is 11.8. The summed E-state index contributed by atoms with van der Waals surface area (Å²) in [7, 11) is 3.52. The van der Waals surface area contributed by atoms with Crippen LogP contribution >= 0.6 is 0 Å². The van der Waals surface area contributed by atoms with Crippen molar-refractivity contribution in [1.29, 1.82) is 0 Å². The minimum Gasteiger partial charge on any atom is -0.497 e. The molecule has 3 heteroatoms. The highest BCUT2D eigenvalue weighted by Gasteiger charge is 2.16. The molecule has 0 bridgehead atoms. The third-order valence-corrected chi connectivity index (χ3v) is 3.32. The zero-order chi connectivity index (χ0) is 13.5. The van der Waals surface area contributed by atoms with E-state index in [1.165, 1.54) is 0 Å². The molecule has 0 fully saturated rings. The van der Waals surface area contributed by atoms with Gasteiger partial charge in [-0.3, -0.25) is 4.79 Å². The molecule has 0 saturated carbocycles. The number of methoxy groups -OCH3 is 1. The van der Waals surface area contributed by atoms with E-state index in [4.69, 9.17) is 4.74 Å². The second-order valence-corrected chi connectivity index (χ2v) is 4.56. The van der Waals surface area contributed by atoms with Gasteiger partial charge >= 0.3 is 0 Å². The third-order valence-electron chi connectivity index (χ3n) is 3.32. The van der Waals surface area contributed by atoms with Crippen LogP contribution in [0.4, 0.5) is 0 Å². The van der Waals surface area contributed by atoms with Crippen LogP contribution in [0.25, 0.3) is 0 Å². The molecule has 0 saturated heterocycles. The van der Waals surface area contributed by atoms with Gasteiger partial charge in [-0.15, -0.1) is 0 Å². The van der Waals surface area contributed by atoms with E-state index >= 15 is 0 Å². The Morgan fingerprint density at radius 2 is 1.94 bits per heavy atom. The number of carbonyl (C=O) groups excluding carboxylic acids is 1. The summed E-state index contributed by atoms with van der Waals surface area (Å²) in [6, 6.07) is 7.97. The van der Waals surface area contributed by atoms with Crippen molar-refractivity contribution in [3.8, 4) is 5.75 Å². The first-order valence-corrected chi connectivity index (χ1v) is 6.49. The fourth-order valence-electron chi connectivity index (χ4n) is 1.83. The number of nitrogens with zero attached hydrogens (tertiary/aromatic N) is 1. The molecule has 1 aromatic carbocycles. The summed E-state index contributed by atoms with van der Waals surface area (Å²) < 4.78 is 5.13. The summed E-state index contributed by atoms with van der Waals surface area (Å²) in [6.07, 6.45) is 2.64. The quantitative estimate of drug-likeness (QED) is 0.773. The maximum absolute atomic E-state index is 11.9. The molecule has 0 N–H and O–H groups in total. The Bertz CT molecular complexity index is 373. The van der Waals surface area contributed by atoms with E-state index in [-0.39, 0.29) is 11.9 Å². The molecule has 100 valence electrons. The second kappa shape index (κ2) is 7.04. The lowest BCUT2D eigenvalue weighted by Crippen LogP contribution is -2.29. The van der Waals surface area contributed by atoms with Crippen molar-refractivity contribution < 1.29 is 9.53 Å². The second-order valence-electron chi connectivity index (χ2n) is 4.56. The molecule has 3 nitrogen and oxygen atoms in total. The molecule has 0 heterocycles. The van der Waals surface area contributed by atoms with Gasteiger partial charge < -0.3 is 9.64 Å². The fraction of sp³-hybridized carbons (Fsp3) is 0.533. The van der Waals surface area contributed by atoms with Gasteiger partial charge in [0.1, 0.15) is 5.75 Å². The van der Waals surface area contributed by atoms with E-state index in [2.05, 4.69) is 6.92 Å². The number of amides is 1. The van der Waals surface area contributed by atoms with Crippen LogP contribution in [-0.2, 0) is 4.79 Å². The average Bonchev–Trinajstić information content (AvgIpc) is 2.43. The van der Waals surface area contributed by atoms with Gasteiger partial charge in [0.2, 0.25) is 5.91 Å². The molecule has 1 amide bonds. The van der Waals surface area contributed by atoms with Crippen LogP contribution < -0.4 is 4.74 Å². The summed E-state index contributed by atoms with van der Waals surface area (Å²) in [5.74, 6) is 1.05. The number of ether oxygens (including phenoxy) is 1. The smallest absolute Gasteiger partial charge is 0.222 e. The Morgan fingerprint density at radius 3 is 2.44 bits per heavy atom. The molecule has 0 aromatic heterocycles. The summed E-state index contributed by atoms with van der Waals surface area (Å²) >= 11 is 0. The van der Waals surface area contributed by atoms with Crippen LogP contribution in [0.3, 0.4) is 0 Å². The van der Waals surface area contributed by atoms with Gasteiger partial charge in [0, 0.05) is 13.5 Å². The van der Waals surface area contributed by atoms with Crippen LogP contribution in [0.5, 0.6) is 5.75 Å². The third kappa shape index (κ3) is 3.76. The number of benzene rings is 1. The van der Waals surface area contributed by atoms with Crippen LogP contribution in [0.15, 0.2) is 24.3 Å². The highest BCUT2D eigenvalue weighted by Crippen LogP contribution is 2.22. The van der Waals surface area contributed by atoms with Crippen molar-refractivity contribution in [1.82, 2.24) is 4.90 Å². The molecular weight excluding hydrogens is 226 g/mol. The Labute approximate surface area is 110 Å². The molecule has 0 aliphatic heterocycles. The lowest BCUT2D eigenvalue weighted by Gasteiger charge is -2.25. The van der Waals surface area contributed by atoms with E-state index in [9.17, 15) is 4.79 Å². The van der Waals surface area contributed by atoms with Crippen LogP contribution in [0.1, 0.15) is 44.7 Å². The number of unbranched alkanes of at least 4 members (excludes halogenated alkanes) is 1. The first kappa shape index (κ1) is 14.6. The lowest BCUT2D eigenvalue weighted by atomic mass is 10.1. The van der Waals surface area contributed by atoms with E-state index < -0.39 is 0 Å². The molecule has 0 spiro atoms. The first-order chi connectivity index (χ1) is 8.60. The van der Waals surface area contributed by atoms with Crippen LogP contribution in [0.2, 0.25) is 0 Å². The molecule has 1 unspecified atom stereocenters. The Morgan fingerprint density at radius 1 is 1.33 bits per heavy atom.